The lowest BCUT2D eigenvalue weighted by atomic mass is 9.82. The minimum Gasteiger partial charge on any atom is -0.496 e. The predicted molar refractivity (Wildman–Crippen MR) is 75.7 cm³/mol. The zero-order chi connectivity index (χ0) is 13.8. The van der Waals surface area contributed by atoms with Crippen molar-refractivity contribution in [3.8, 4) is 5.75 Å². The lowest BCUT2D eigenvalue weighted by Crippen LogP contribution is -2.40. The lowest BCUT2D eigenvalue weighted by molar-refractivity contribution is 0.381. The first-order valence-corrected chi connectivity index (χ1v) is 6.22. The van der Waals surface area contributed by atoms with Crippen molar-refractivity contribution in [3.05, 3.63) is 28.8 Å². The van der Waals surface area contributed by atoms with Crippen LogP contribution in [0.2, 0.25) is 0 Å². The van der Waals surface area contributed by atoms with Gasteiger partial charge in [0.2, 0.25) is 0 Å². The molecule has 4 heteroatoms. The Morgan fingerprint density at radius 1 is 1.28 bits per heavy atom. The highest BCUT2D eigenvalue weighted by molar-refractivity contribution is 5.47. The zero-order valence-corrected chi connectivity index (χ0v) is 12.1. The second kappa shape index (κ2) is 6.18. The third-order valence-corrected chi connectivity index (χ3v) is 3.15. The molecular weight excluding hydrogens is 226 g/mol. The van der Waals surface area contributed by atoms with Gasteiger partial charge in [0.25, 0.3) is 0 Å². The van der Waals surface area contributed by atoms with Crippen molar-refractivity contribution in [1.29, 1.82) is 0 Å². The van der Waals surface area contributed by atoms with Crippen LogP contribution in [-0.4, -0.2) is 20.3 Å². The number of ether oxygens (including phenoxy) is 1. The van der Waals surface area contributed by atoms with Crippen LogP contribution in [0.5, 0.6) is 5.75 Å². The van der Waals surface area contributed by atoms with Crippen molar-refractivity contribution in [2.24, 2.45) is 5.84 Å². The Kier molecular flexibility index (Phi) is 5.14. The summed E-state index contributed by atoms with van der Waals surface area (Å²) in [6, 6.07) is 4.34. The van der Waals surface area contributed by atoms with E-state index in [1.807, 2.05) is 0 Å². The van der Waals surface area contributed by atoms with E-state index in [1.54, 1.807) is 7.11 Å². The molecule has 0 aliphatic heterocycles. The van der Waals surface area contributed by atoms with Crippen molar-refractivity contribution in [3.63, 3.8) is 0 Å². The average molecular weight is 251 g/mol. The van der Waals surface area contributed by atoms with Gasteiger partial charge in [-0.25, -0.2) is 5.43 Å². The van der Waals surface area contributed by atoms with E-state index in [2.05, 4.69) is 50.6 Å². The third kappa shape index (κ3) is 3.45. The Morgan fingerprint density at radius 2 is 1.94 bits per heavy atom. The molecule has 0 fully saturated rings. The van der Waals surface area contributed by atoms with Crippen LogP contribution >= 0.6 is 0 Å². The second-order valence-corrected chi connectivity index (χ2v) is 5.35. The number of hydrogen-bond acceptors (Lipinski definition) is 4. The van der Waals surface area contributed by atoms with Crippen LogP contribution in [0.1, 0.15) is 30.5 Å². The second-order valence-electron chi connectivity index (χ2n) is 5.35. The van der Waals surface area contributed by atoms with E-state index in [9.17, 15) is 0 Å². The Balaban J connectivity index is 3.05. The number of rotatable bonds is 6. The van der Waals surface area contributed by atoms with Gasteiger partial charge in [0.1, 0.15) is 5.75 Å². The molecule has 0 amide bonds. The molecule has 0 aliphatic rings. The van der Waals surface area contributed by atoms with Crippen LogP contribution < -0.4 is 21.3 Å². The first-order valence-electron chi connectivity index (χ1n) is 6.22. The number of nitrogens with two attached hydrogens (primary N) is 1. The van der Waals surface area contributed by atoms with Gasteiger partial charge in [0.05, 0.1) is 13.8 Å². The first kappa shape index (κ1) is 15.0. The average Bonchev–Trinajstić information content (AvgIpc) is 2.28. The van der Waals surface area contributed by atoms with E-state index in [4.69, 9.17) is 10.6 Å². The third-order valence-electron chi connectivity index (χ3n) is 3.15. The molecular formula is C14H25N3O. The maximum absolute atomic E-state index is 5.56. The molecule has 0 bridgehead atoms. The SMILES string of the molecule is COc1c(C)cc(C)cc1C(C)(C)CNCNN. The number of aryl methyl sites for hydroxylation is 2. The lowest BCUT2D eigenvalue weighted by Gasteiger charge is -2.29. The maximum Gasteiger partial charge on any atom is 0.125 e. The quantitative estimate of drug-likeness (QED) is 0.311. The van der Waals surface area contributed by atoms with Gasteiger partial charge in [0.15, 0.2) is 0 Å². The molecule has 1 rings (SSSR count). The fraction of sp³-hybridized carbons (Fsp3) is 0.571. The minimum absolute atomic E-state index is 0.0149. The minimum atomic E-state index is -0.0149. The van der Waals surface area contributed by atoms with E-state index in [0.717, 1.165) is 12.3 Å². The summed E-state index contributed by atoms with van der Waals surface area (Å²) in [5, 5.41) is 3.27. The van der Waals surface area contributed by atoms with Gasteiger partial charge in [-0.05, 0) is 19.4 Å². The number of hydrazine groups is 1. The molecule has 4 nitrogen and oxygen atoms in total. The Morgan fingerprint density at radius 3 is 2.50 bits per heavy atom. The molecule has 0 saturated carbocycles. The van der Waals surface area contributed by atoms with Gasteiger partial charge < -0.3 is 10.1 Å². The van der Waals surface area contributed by atoms with Crippen molar-refractivity contribution < 1.29 is 4.74 Å². The summed E-state index contributed by atoms with van der Waals surface area (Å²) >= 11 is 0. The molecule has 1 aromatic rings. The molecule has 102 valence electrons. The normalized spacial score (nSPS) is 11.7. The van der Waals surface area contributed by atoms with Crippen LogP contribution in [0, 0.1) is 13.8 Å². The Labute approximate surface area is 110 Å². The predicted octanol–water partition coefficient (Wildman–Crippen LogP) is 1.60. The smallest absolute Gasteiger partial charge is 0.125 e. The van der Waals surface area contributed by atoms with Crippen molar-refractivity contribution in [1.82, 2.24) is 10.7 Å². The molecule has 1 aromatic carbocycles. The van der Waals surface area contributed by atoms with Crippen LogP contribution in [0.25, 0.3) is 0 Å². The van der Waals surface area contributed by atoms with Crippen molar-refractivity contribution in [2.75, 3.05) is 20.3 Å². The summed E-state index contributed by atoms with van der Waals surface area (Å²) in [5.41, 5.74) is 6.25. The fourth-order valence-electron chi connectivity index (χ4n) is 2.27. The van der Waals surface area contributed by atoms with Gasteiger partial charge in [-0.2, -0.15) is 0 Å². The highest BCUT2D eigenvalue weighted by atomic mass is 16.5. The largest absolute Gasteiger partial charge is 0.496 e. The van der Waals surface area contributed by atoms with Gasteiger partial charge >= 0.3 is 0 Å². The monoisotopic (exact) mass is 251 g/mol. The first-order chi connectivity index (χ1) is 8.42. The molecule has 0 atom stereocenters. The van der Waals surface area contributed by atoms with E-state index < -0.39 is 0 Å². The highest BCUT2D eigenvalue weighted by Gasteiger charge is 2.25. The van der Waals surface area contributed by atoms with Crippen molar-refractivity contribution in [2.45, 2.75) is 33.1 Å². The van der Waals surface area contributed by atoms with Crippen LogP contribution in [0.4, 0.5) is 0 Å². The van der Waals surface area contributed by atoms with Crippen molar-refractivity contribution >= 4 is 0 Å². The molecule has 0 spiro atoms. The van der Waals surface area contributed by atoms with E-state index in [0.29, 0.717) is 6.67 Å². The maximum atomic E-state index is 5.56. The summed E-state index contributed by atoms with van der Waals surface area (Å²) in [5.74, 6) is 6.24. The Bertz CT molecular complexity index is 402. The van der Waals surface area contributed by atoms with E-state index >= 15 is 0 Å². The number of benzene rings is 1. The van der Waals surface area contributed by atoms with Gasteiger partial charge in [-0.15, -0.1) is 0 Å². The standard InChI is InChI=1S/C14H25N3O/c1-10-6-11(2)13(18-5)12(7-10)14(3,4)8-16-9-17-15/h6-7,16-17H,8-9,15H2,1-5H3. The van der Waals surface area contributed by atoms with Gasteiger partial charge in [-0.1, -0.05) is 31.5 Å². The topological polar surface area (TPSA) is 59.3 Å². The van der Waals surface area contributed by atoms with Gasteiger partial charge in [-0.3, -0.25) is 5.84 Å². The Hall–Kier alpha value is -1.10. The number of hydrogen-bond donors (Lipinski definition) is 3. The molecule has 4 N–H and O–H groups in total. The number of methoxy groups -OCH3 is 1. The molecule has 0 radical (unpaired) electrons. The summed E-state index contributed by atoms with van der Waals surface area (Å²) in [7, 11) is 1.73. The highest BCUT2D eigenvalue weighted by Crippen LogP contribution is 2.34. The molecule has 0 aromatic heterocycles. The zero-order valence-electron chi connectivity index (χ0n) is 12.1. The molecule has 0 saturated heterocycles. The number of nitrogens with one attached hydrogen (secondary N) is 2. The molecule has 0 unspecified atom stereocenters. The summed E-state index contributed by atoms with van der Waals surface area (Å²) in [6.07, 6.45) is 0. The van der Waals surface area contributed by atoms with Crippen LogP contribution in [0.3, 0.4) is 0 Å². The summed E-state index contributed by atoms with van der Waals surface area (Å²) in [6.45, 7) is 10.0. The molecule has 0 aliphatic carbocycles. The summed E-state index contributed by atoms with van der Waals surface area (Å²) in [4.78, 5) is 0. The molecule has 18 heavy (non-hydrogen) atoms. The fourth-order valence-corrected chi connectivity index (χ4v) is 2.27. The van der Waals surface area contributed by atoms with E-state index in [-0.39, 0.29) is 5.41 Å². The summed E-state index contributed by atoms with van der Waals surface area (Å²) < 4.78 is 5.56. The van der Waals surface area contributed by atoms with Crippen LogP contribution in [-0.2, 0) is 5.41 Å². The van der Waals surface area contributed by atoms with Crippen LogP contribution in [0.15, 0.2) is 12.1 Å². The van der Waals surface area contributed by atoms with E-state index in [1.165, 1.54) is 16.7 Å². The van der Waals surface area contributed by atoms with Gasteiger partial charge in [0, 0.05) is 17.5 Å². The molecule has 0 heterocycles.